The van der Waals surface area contributed by atoms with E-state index in [1.807, 2.05) is 12.1 Å². The highest BCUT2D eigenvalue weighted by Crippen LogP contribution is 2.29. The number of rotatable bonds is 3. The van der Waals surface area contributed by atoms with Crippen LogP contribution < -0.4 is 0 Å². The molecule has 2 aromatic carbocycles. The number of hydrogen-bond acceptors (Lipinski definition) is 2. The normalized spacial score (nSPS) is 18.8. The number of aromatic nitrogens is 2. The zero-order chi connectivity index (χ0) is 15.8. The van der Waals surface area contributed by atoms with Crippen LogP contribution in [-0.4, -0.2) is 27.5 Å². The lowest BCUT2D eigenvalue weighted by Crippen LogP contribution is -2.20. The molecule has 1 aliphatic rings. The SMILES string of the molecule is Cn1c([C@H]2CCN(Cc3ccc(Cl)cc3)C2)nc2ccccc21. The van der Waals surface area contributed by atoms with Crippen LogP contribution in [0.5, 0.6) is 0 Å². The van der Waals surface area contributed by atoms with Gasteiger partial charge in [0.2, 0.25) is 0 Å². The van der Waals surface area contributed by atoms with Gasteiger partial charge in [0.25, 0.3) is 0 Å². The topological polar surface area (TPSA) is 21.1 Å². The number of halogens is 1. The third-order valence-electron chi connectivity index (χ3n) is 4.78. The van der Waals surface area contributed by atoms with Crippen molar-refractivity contribution in [2.24, 2.45) is 7.05 Å². The molecule has 0 spiro atoms. The van der Waals surface area contributed by atoms with Crippen molar-refractivity contribution >= 4 is 22.6 Å². The Morgan fingerprint density at radius 2 is 1.91 bits per heavy atom. The van der Waals surface area contributed by atoms with Crippen molar-refractivity contribution in [1.29, 1.82) is 0 Å². The number of para-hydroxylation sites is 2. The number of aryl methyl sites for hydroxylation is 1. The quantitative estimate of drug-likeness (QED) is 0.719. The lowest BCUT2D eigenvalue weighted by Gasteiger charge is -2.16. The van der Waals surface area contributed by atoms with Gasteiger partial charge in [0.15, 0.2) is 0 Å². The first-order valence-corrected chi connectivity index (χ1v) is 8.46. The zero-order valence-electron chi connectivity index (χ0n) is 13.2. The van der Waals surface area contributed by atoms with Gasteiger partial charge in [-0.3, -0.25) is 4.90 Å². The molecule has 1 saturated heterocycles. The minimum absolute atomic E-state index is 0.514. The van der Waals surface area contributed by atoms with Crippen LogP contribution in [0.4, 0.5) is 0 Å². The van der Waals surface area contributed by atoms with Gasteiger partial charge in [0, 0.05) is 31.1 Å². The van der Waals surface area contributed by atoms with E-state index >= 15 is 0 Å². The Labute approximate surface area is 141 Å². The van der Waals surface area contributed by atoms with Crippen molar-refractivity contribution in [2.75, 3.05) is 13.1 Å². The molecule has 0 saturated carbocycles. The van der Waals surface area contributed by atoms with Gasteiger partial charge in [0.05, 0.1) is 11.0 Å². The first-order valence-electron chi connectivity index (χ1n) is 8.09. The summed E-state index contributed by atoms with van der Waals surface area (Å²) in [5.74, 6) is 1.73. The first kappa shape index (κ1) is 14.7. The molecule has 0 radical (unpaired) electrons. The summed E-state index contributed by atoms with van der Waals surface area (Å²) in [7, 11) is 2.13. The van der Waals surface area contributed by atoms with Crippen molar-refractivity contribution < 1.29 is 0 Å². The highest BCUT2D eigenvalue weighted by Gasteiger charge is 2.27. The Morgan fingerprint density at radius 3 is 2.70 bits per heavy atom. The van der Waals surface area contributed by atoms with Gasteiger partial charge in [-0.15, -0.1) is 0 Å². The van der Waals surface area contributed by atoms with Gasteiger partial charge in [-0.25, -0.2) is 4.98 Å². The van der Waals surface area contributed by atoms with Crippen LogP contribution in [0.3, 0.4) is 0 Å². The molecule has 4 heteroatoms. The van der Waals surface area contributed by atoms with Crippen LogP contribution in [0.25, 0.3) is 11.0 Å². The summed E-state index contributed by atoms with van der Waals surface area (Å²) in [6, 6.07) is 16.5. The molecule has 0 aliphatic carbocycles. The van der Waals surface area contributed by atoms with E-state index in [1.165, 1.54) is 23.3 Å². The molecule has 1 aliphatic heterocycles. The largest absolute Gasteiger partial charge is 0.331 e. The summed E-state index contributed by atoms with van der Waals surface area (Å²) in [6.45, 7) is 3.17. The molecular weight excluding hydrogens is 306 g/mol. The van der Waals surface area contributed by atoms with Crippen molar-refractivity contribution in [3.8, 4) is 0 Å². The molecule has 2 heterocycles. The van der Waals surface area contributed by atoms with Gasteiger partial charge in [0.1, 0.15) is 5.82 Å². The second kappa shape index (κ2) is 5.99. The monoisotopic (exact) mass is 325 g/mol. The molecule has 0 N–H and O–H groups in total. The number of hydrogen-bond donors (Lipinski definition) is 0. The van der Waals surface area contributed by atoms with Crippen LogP contribution in [0.15, 0.2) is 48.5 Å². The van der Waals surface area contributed by atoms with E-state index in [-0.39, 0.29) is 0 Å². The summed E-state index contributed by atoms with van der Waals surface area (Å²) < 4.78 is 2.26. The van der Waals surface area contributed by atoms with Crippen LogP contribution in [-0.2, 0) is 13.6 Å². The van der Waals surface area contributed by atoms with Crippen molar-refractivity contribution in [3.05, 3.63) is 64.9 Å². The highest BCUT2D eigenvalue weighted by molar-refractivity contribution is 6.30. The average Bonchev–Trinajstić information content (AvgIpc) is 3.15. The predicted molar refractivity (Wildman–Crippen MR) is 94.8 cm³/mol. The minimum atomic E-state index is 0.514. The molecule has 118 valence electrons. The number of likely N-dealkylation sites (tertiary alicyclic amines) is 1. The lowest BCUT2D eigenvalue weighted by atomic mass is 10.1. The molecule has 23 heavy (non-hydrogen) atoms. The summed E-state index contributed by atoms with van der Waals surface area (Å²) >= 11 is 5.96. The van der Waals surface area contributed by atoms with E-state index in [0.717, 1.165) is 30.2 Å². The lowest BCUT2D eigenvalue weighted by molar-refractivity contribution is 0.325. The smallest absolute Gasteiger partial charge is 0.114 e. The van der Waals surface area contributed by atoms with E-state index in [1.54, 1.807) is 0 Å². The number of nitrogens with zero attached hydrogens (tertiary/aromatic N) is 3. The Hall–Kier alpha value is -1.84. The number of benzene rings is 2. The molecule has 0 unspecified atom stereocenters. The summed E-state index contributed by atoms with van der Waals surface area (Å²) in [4.78, 5) is 7.37. The fraction of sp³-hybridized carbons (Fsp3) is 0.316. The second-order valence-corrected chi connectivity index (χ2v) is 6.80. The van der Waals surface area contributed by atoms with E-state index < -0.39 is 0 Å². The van der Waals surface area contributed by atoms with Gasteiger partial charge in [-0.2, -0.15) is 0 Å². The van der Waals surface area contributed by atoms with E-state index in [2.05, 4.69) is 52.9 Å². The molecular formula is C19H20ClN3. The molecule has 1 atom stereocenters. The summed E-state index contributed by atoms with van der Waals surface area (Å²) in [6.07, 6.45) is 1.17. The molecule has 0 amide bonds. The van der Waals surface area contributed by atoms with Crippen molar-refractivity contribution in [3.63, 3.8) is 0 Å². The van der Waals surface area contributed by atoms with E-state index in [0.29, 0.717) is 5.92 Å². The average molecular weight is 326 g/mol. The number of fused-ring (bicyclic) bond motifs is 1. The molecule has 1 fully saturated rings. The van der Waals surface area contributed by atoms with E-state index in [9.17, 15) is 0 Å². The minimum Gasteiger partial charge on any atom is -0.331 e. The fourth-order valence-electron chi connectivity index (χ4n) is 3.56. The molecule has 1 aromatic heterocycles. The van der Waals surface area contributed by atoms with Crippen LogP contribution in [0, 0.1) is 0 Å². The van der Waals surface area contributed by atoms with Gasteiger partial charge >= 0.3 is 0 Å². The van der Waals surface area contributed by atoms with Crippen molar-refractivity contribution in [2.45, 2.75) is 18.9 Å². The molecule has 0 bridgehead atoms. The third kappa shape index (κ3) is 2.87. The maximum absolute atomic E-state index is 5.96. The molecule has 3 nitrogen and oxygen atoms in total. The number of imidazole rings is 1. The van der Waals surface area contributed by atoms with Crippen LogP contribution >= 0.6 is 11.6 Å². The summed E-state index contributed by atoms with van der Waals surface area (Å²) in [5.41, 5.74) is 3.64. The standard InChI is InChI=1S/C19H20ClN3/c1-22-18-5-3-2-4-17(18)21-19(22)15-10-11-23(13-15)12-14-6-8-16(20)9-7-14/h2-9,15H,10-13H2,1H3/t15-/m0/s1. The fourth-order valence-corrected chi connectivity index (χ4v) is 3.69. The van der Waals surface area contributed by atoms with Gasteiger partial charge in [-0.1, -0.05) is 35.9 Å². The maximum atomic E-state index is 5.96. The third-order valence-corrected chi connectivity index (χ3v) is 5.03. The van der Waals surface area contributed by atoms with Crippen LogP contribution in [0.2, 0.25) is 5.02 Å². The molecule has 4 rings (SSSR count). The Morgan fingerprint density at radius 1 is 1.13 bits per heavy atom. The van der Waals surface area contributed by atoms with E-state index in [4.69, 9.17) is 16.6 Å². The van der Waals surface area contributed by atoms with Gasteiger partial charge < -0.3 is 4.57 Å². The Balaban J connectivity index is 1.51. The summed E-state index contributed by atoms with van der Waals surface area (Å²) in [5, 5.41) is 0.799. The zero-order valence-corrected chi connectivity index (χ0v) is 14.0. The maximum Gasteiger partial charge on any atom is 0.114 e. The van der Waals surface area contributed by atoms with Crippen LogP contribution in [0.1, 0.15) is 23.7 Å². The second-order valence-electron chi connectivity index (χ2n) is 6.36. The first-order chi connectivity index (χ1) is 11.2. The molecule has 3 aromatic rings. The van der Waals surface area contributed by atoms with Gasteiger partial charge in [-0.05, 0) is 42.8 Å². The Kier molecular flexibility index (Phi) is 3.83. The predicted octanol–water partition coefficient (Wildman–Crippen LogP) is 4.22. The van der Waals surface area contributed by atoms with Crippen molar-refractivity contribution in [1.82, 2.24) is 14.5 Å². The Bertz CT molecular complexity index is 822. The highest BCUT2D eigenvalue weighted by atomic mass is 35.5.